The molecule has 0 saturated carbocycles. The van der Waals surface area contributed by atoms with E-state index in [4.69, 9.17) is 4.74 Å². The Balaban J connectivity index is 1.90. The normalized spacial score (nSPS) is 19.3. The topological polar surface area (TPSA) is 99.3 Å². The third-order valence-electron chi connectivity index (χ3n) is 2.95. The van der Waals surface area contributed by atoms with E-state index in [0.29, 0.717) is 18.7 Å². The van der Waals surface area contributed by atoms with Crippen LogP contribution in [0, 0.1) is 0 Å². The van der Waals surface area contributed by atoms with Crippen LogP contribution in [-0.2, 0) is 9.53 Å². The molecule has 2 heterocycles. The highest BCUT2D eigenvalue weighted by molar-refractivity contribution is 5.94. The monoisotopic (exact) mass is 295 g/mol. The third-order valence-corrected chi connectivity index (χ3v) is 2.95. The first-order valence-corrected chi connectivity index (χ1v) is 6.91. The second-order valence-electron chi connectivity index (χ2n) is 5.94. The first kappa shape index (κ1) is 15.3. The van der Waals surface area contributed by atoms with E-state index < -0.39 is 17.7 Å². The number of aromatic nitrogens is 2. The maximum atomic E-state index is 12.2. The van der Waals surface area contributed by atoms with Crippen LogP contribution in [0.15, 0.2) is 12.4 Å². The number of carbonyl (C=O) groups is 2. The molecule has 0 bridgehead atoms. The van der Waals surface area contributed by atoms with Crippen molar-refractivity contribution >= 4 is 17.7 Å². The van der Waals surface area contributed by atoms with Crippen LogP contribution in [0.1, 0.15) is 33.6 Å². The zero-order chi connectivity index (χ0) is 15.5. The predicted octanol–water partition coefficient (Wildman–Crippen LogP) is 1.25. The molecule has 1 unspecified atom stereocenters. The molecule has 8 nitrogen and oxygen atoms in total. The van der Waals surface area contributed by atoms with Gasteiger partial charge in [-0.15, -0.1) is 0 Å². The van der Waals surface area contributed by atoms with E-state index in [1.165, 1.54) is 6.20 Å². The highest BCUT2D eigenvalue weighted by Gasteiger charge is 2.33. The first-order valence-electron chi connectivity index (χ1n) is 6.91. The van der Waals surface area contributed by atoms with Gasteiger partial charge in [0, 0.05) is 12.7 Å². The Morgan fingerprint density at radius 1 is 1.48 bits per heavy atom. The van der Waals surface area contributed by atoms with Gasteiger partial charge in [-0.25, -0.2) is 9.80 Å². The van der Waals surface area contributed by atoms with Crippen LogP contribution in [0.3, 0.4) is 0 Å². The van der Waals surface area contributed by atoms with E-state index in [2.05, 4.69) is 20.9 Å². The van der Waals surface area contributed by atoms with E-state index in [-0.39, 0.29) is 5.91 Å². The van der Waals surface area contributed by atoms with Crippen molar-refractivity contribution in [2.75, 3.05) is 11.9 Å². The Kier molecular flexibility index (Phi) is 4.46. The second-order valence-corrected chi connectivity index (χ2v) is 5.94. The van der Waals surface area contributed by atoms with Crippen LogP contribution in [0.2, 0.25) is 0 Å². The van der Waals surface area contributed by atoms with Crippen molar-refractivity contribution in [3.05, 3.63) is 12.4 Å². The SMILES string of the molecule is CC(C)(C)OC(=O)NN1CCCC1C(=O)Nc1cn[nH]c1. The van der Waals surface area contributed by atoms with Gasteiger partial charge in [0.15, 0.2) is 0 Å². The molecular weight excluding hydrogens is 274 g/mol. The molecule has 3 N–H and O–H groups in total. The fourth-order valence-electron chi connectivity index (χ4n) is 2.14. The molecule has 0 spiro atoms. The molecular formula is C13H21N5O3. The Morgan fingerprint density at radius 3 is 2.86 bits per heavy atom. The molecule has 0 aromatic carbocycles. The van der Waals surface area contributed by atoms with E-state index in [9.17, 15) is 9.59 Å². The van der Waals surface area contributed by atoms with Gasteiger partial charge < -0.3 is 10.1 Å². The largest absolute Gasteiger partial charge is 0.443 e. The van der Waals surface area contributed by atoms with Gasteiger partial charge >= 0.3 is 6.09 Å². The average Bonchev–Trinajstić information content (AvgIpc) is 2.97. The molecule has 1 saturated heterocycles. The lowest BCUT2D eigenvalue weighted by atomic mass is 10.2. The molecule has 1 aliphatic heterocycles. The van der Waals surface area contributed by atoms with Crippen LogP contribution < -0.4 is 10.7 Å². The summed E-state index contributed by atoms with van der Waals surface area (Å²) in [6.45, 7) is 5.99. The van der Waals surface area contributed by atoms with E-state index in [1.807, 2.05) is 0 Å². The number of anilines is 1. The molecule has 2 amide bonds. The van der Waals surface area contributed by atoms with Crippen LogP contribution in [0.25, 0.3) is 0 Å². The number of hydrogen-bond acceptors (Lipinski definition) is 5. The highest BCUT2D eigenvalue weighted by Crippen LogP contribution is 2.17. The van der Waals surface area contributed by atoms with Gasteiger partial charge in [0.1, 0.15) is 11.6 Å². The first-order chi connectivity index (χ1) is 9.85. The molecule has 8 heteroatoms. The summed E-state index contributed by atoms with van der Waals surface area (Å²) in [7, 11) is 0. The van der Waals surface area contributed by atoms with Gasteiger partial charge in [0.25, 0.3) is 0 Å². The lowest BCUT2D eigenvalue weighted by Gasteiger charge is -2.26. The summed E-state index contributed by atoms with van der Waals surface area (Å²) in [4.78, 5) is 24.0. The molecule has 2 rings (SSSR count). The zero-order valence-electron chi connectivity index (χ0n) is 12.5. The summed E-state index contributed by atoms with van der Waals surface area (Å²) in [6.07, 6.45) is 4.08. The third kappa shape index (κ3) is 4.45. The van der Waals surface area contributed by atoms with Crippen molar-refractivity contribution < 1.29 is 14.3 Å². The number of nitrogens with one attached hydrogen (secondary N) is 3. The summed E-state index contributed by atoms with van der Waals surface area (Å²) >= 11 is 0. The molecule has 1 aliphatic rings. The van der Waals surface area contributed by atoms with Crippen molar-refractivity contribution in [1.29, 1.82) is 0 Å². The van der Waals surface area contributed by atoms with Crippen LogP contribution in [0.5, 0.6) is 0 Å². The van der Waals surface area contributed by atoms with Crippen molar-refractivity contribution in [3.8, 4) is 0 Å². The van der Waals surface area contributed by atoms with Crippen LogP contribution >= 0.6 is 0 Å². The number of H-pyrrole nitrogens is 1. The van der Waals surface area contributed by atoms with Gasteiger partial charge in [-0.2, -0.15) is 5.10 Å². The maximum absolute atomic E-state index is 12.2. The lowest BCUT2D eigenvalue weighted by molar-refractivity contribution is -0.121. The maximum Gasteiger partial charge on any atom is 0.422 e. The quantitative estimate of drug-likeness (QED) is 0.779. The minimum atomic E-state index is -0.571. The number of rotatable bonds is 3. The fraction of sp³-hybridized carbons (Fsp3) is 0.615. The molecule has 116 valence electrons. The predicted molar refractivity (Wildman–Crippen MR) is 76.3 cm³/mol. The van der Waals surface area contributed by atoms with Gasteiger partial charge in [0.05, 0.1) is 11.9 Å². The van der Waals surface area contributed by atoms with Gasteiger partial charge in [-0.1, -0.05) is 0 Å². The van der Waals surface area contributed by atoms with Crippen LogP contribution in [0.4, 0.5) is 10.5 Å². The second kappa shape index (κ2) is 6.13. The molecule has 1 fully saturated rings. The number of hydrogen-bond donors (Lipinski definition) is 3. The van der Waals surface area contributed by atoms with E-state index in [1.54, 1.807) is 32.0 Å². The average molecular weight is 295 g/mol. The summed E-state index contributed by atoms with van der Waals surface area (Å²) in [5, 5.41) is 10.8. The smallest absolute Gasteiger partial charge is 0.422 e. The van der Waals surface area contributed by atoms with Crippen molar-refractivity contribution in [2.45, 2.75) is 45.3 Å². The highest BCUT2D eigenvalue weighted by atomic mass is 16.6. The zero-order valence-corrected chi connectivity index (χ0v) is 12.5. The molecule has 1 aromatic rings. The summed E-state index contributed by atoms with van der Waals surface area (Å²) < 4.78 is 5.20. The van der Waals surface area contributed by atoms with Gasteiger partial charge in [0.2, 0.25) is 5.91 Å². The molecule has 21 heavy (non-hydrogen) atoms. The number of amides is 2. The van der Waals surface area contributed by atoms with Crippen molar-refractivity contribution in [1.82, 2.24) is 20.6 Å². The summed E-state index contributed by atoms with van der Waals surface area (Å²) in [6, 6.07) is -0.410. The van der Waals surface area contributed by atoms with Gasteiger partial charge in [-0.3, -0.25) is 15.3 Å². The number of nitrogens with zero attached hydrogens (tertiary/aromatic N) is 2. The Bertz CT molecular complexity index is 494. The number of aromatic amines is 1. The Labute approximate surface area is 123 Å². The molecule has 0 radical (unpaired) electrons. The molecule has 0 aliphatic carbocycles. The van der Waals surface area contributed by atoms with E-state index in [0.717, 1.165) is 6.42 Å². The number of hydrazine groups is 1. The summed E-state index contributed by atoms with van der Waals surface area (Å²) in [5.41, 5.74) is 2.66. The fourth-order valence-corrected chi connectivity index (χ4v) is 2.14. The summed E-state index contributed by atoms with van der Waals surface area (Å²) in [5.74, 6) is -0.176. The number of carbonyl (C=O) groups excluding carboxylic acids is 2. The Morgan fingerprint density at radius 2 is 2.24 bits per heavy atom. The van der Waals surface area contributed by atoms with Crippen molar-refractivity contribution in [3.63, 3.8) is 0 Å². The standard InChI is InChI=1S/C13H21N5O3/c1-13(2,3)21-12(20)17-18-6-4-5-10(18)11(19)16-9-7-14-15-8-9/h7-8,10H,4-6H2,1-3H3,(H,14,15)(H,16,19)(H,17,20). The van der Waals surface area contributed by atoms with Crippen LogP contribution in [-0.4, -0.2) is 45.4 Å². The van der Waals surface area contributed by atoms with Crippen molar-refractivity contribution in [2.24, 2.45) is 0 Å². The lowest BCUT2D eigenvalue weighted by Crippen LogP contribution is -2.51. The Hall–Kier alpha value is -2.09. The minimum absolute atomic E-state index is 0.176. The minimum Gasteiger partial charge on any atom is -0.443 e. The number of ether oxygens (including phenoxy) is 1. The molecule has 1 aromatic heterocycles. The van der Waals surface area contributed by atoms with Gasteiger partial charge in [-0.05, 0) is 33.6 Å². The molecule has 1 atom stereocenters. The van der Waals surface area contributed by atoms with E-state index >= 15 is 0 Å².